The van der Waals surface area contributed by atoms with E-state index in [9.17, 15) is 4.79 Å². The van der Waals surface area contributed by atoms with Crippen LogP contribution in [0.1, 0.15) is 32.6 Å². The molecule has 0 bridgehead atoms. The predicted molar refractivity (Wildman–Crippen MR) is 51.4 cm³/mol. The molecule has 2 atom stereocenters. The highest BCUT2D eigenvalue weighted by Crippen LogP contribution is 2.20. The molecule has 1 aliphatic rings. The Morgan fingerprint density at radius 2 is 2.46 bits per heavy atom. The molecule has 0 spiro atoms. The lowest BCUT2D eigenvalue weighted by Crippen LogP contribution is -2.24. The second-order valence-corrected chi connectivity index (χ2v) is 3.68. The van der Waals surface area contributed by atoms with Crippen molar-refractivity contribution in [3.8, 4) is 0 Å². The Bertz CT molecular complexity index is 170. The van der Waals surface area contributed by atoms with Gasteiger partial charge in [0.2, 0.25) is 5.91 Å². The van der Waals surface area contributed by atoms with E-state index < -0.39 is 0 Å². The number of rotatable bonds is 5. The topological polar surface area (TPSA) is 38.3 Å². The quantitative estimate of drug-likeness (QED) is 0.701. The van der Waals surface area contributed by atoms with Gasteiger partial charge in [0, 0.05) is 26.0 Å². The molecule has 1 amide bonds. The number of nitrogens with one attached hydrogen (secondary N) is 1. The zero-order valence-electron chi connectivity index (χ0n) is 8.51. The van der Waals surface area contributed by atoms with E-state index in [0.717, 1.165) is 13.0 Å². The molecular weight excluding hydrogens is 166 g/mol. The summed E-state index contributed by atoms with van der Waals surface area (Å²) in [5.41, 5.74) is 0. The molecule has 0 radical (unpaired) electrons. The lowest BCUT2D eigenvalue weighted by Gasteiger charge is -2.20. The largest absolute Gasteiger partial charge is 0.381 e. The number of methoxy groups -OCH3 is 1. The van der Waals surface area contributed by atoms with Crippen LogP contribution >= 0.6 is 0 Å². The van der Waals surface area contributed by atoms with Gasteiger partial charge in [-0.05, 0) is 6.42 Å². The summed E-state index contributed by atoms with van der Waals surface area (Å²) in [5.74, 6) is 0.563. The molecule has 1 rings (SSSR count). The second kappa shape index (κ2) is 5.22. The van der Waals surface area contributed by atoms with Crippen molar-refractivity contribution in [1.29, 1.82) is 0 Å². The molecule has 1 unspecified atom stereocenters. The van der Waals surface area contributed by atoms with Crippen LogP contribution in [0.15, 0.2) is 0 Å². The minimum Gasteiger partial charge on any atom is -0.381 e. The summed E-state index contributed by atoms with van der Waals surface area (Å²) >= 11 is 0. The van der Waals surface area contributed by atoms with E-state index in [1.54, 1.807) is 7.11 Å². The van der Waals surface area contributed by atoms with E-state index in [0.29, 0.717) is 12.3 Å². The van der Waals surface area contributed by atoms with E-state index >= 15 is 0 Å². The summed E-state index contributed by atoms with van der Waals surface area (Å²) in [6.45, 7) is 2.96. The normalized spacial score (nSPS) is 24.5. The molecular formula is C10H19NO2. The van der Waals surface area contributed by atoms with Gasteiger partial charge < -0.3 is 10.1 Å². The summed E-state index contributed by atoms with van der Waals surface area (Å²) in [5, 5.41) is 2.84. The maximum absolute atomic E-state index is 11.0. The smallest absolute Gasteiger partial charge is 0.220 e. The van der Waals surface area contributed by atoms with Crippen LogP contribution < -0.4 is 5.32 Å². The SMILES string of the molecule is CCCCC(OC)[C@H]1CNC(=O)C1. The van der Waals surface area contributed by atoms with E-state index in [2.05, 4.69) is 12.2 Å². The number of carbonyl (C=O) groups excluding carboxylic acids is 1. The van der Waals surface area contributed by atoms with Crippen molar-refractivity contribution in [1.82, 2.24) is 5.32 Å². The molecule has 1 aliphatic heterocycles. The molecule has 0 aromatic rings. The van der Waals surface area contributed by atoms with Crippen LogP contribution in [-0.4, -0.2) is 25.7 Å². The molecule has 0 aromatic carbocycles. The number of hydrogen-bond donors (Lipinski definition) is 1. The van der Waals surface area contributed by atoms with Crippen molar-refractivity contribution in [3.05, 3.63) is 0 Å². The van der Waals surface area contributed by atoms with Gasteiger partial charge in [-0.2, -0.15) is 0 Å². The number of hydrogen-bond acceptors (Lipinski definition) is 2. The first kappa shape index (κ1) is 10.5. The minimum absolute atomic E-state index is 0.170. The van der Waals surface area contributed by atoms with Gasteiger partial charge in [-0.1, -0.05) is 19.8 Å². The van der Waals surface area contributed by atoms with Gasteiger partial charge in [-0.3, -0.25) is 4.79 Å². The number of carbonyl (C=O) groups is 1. The van der Waals surface area contributed by atoms with Crippen LogP contribution in [0.3, 0.4) is 0 Å². The third kappa shape index (κ3) is 2.99. The van der Waals surface area contributed by atoms with Crippen molar-refractivity contribution in [2.75, 3.05) is 13.7 Å². The Balaban J connectivity index is 2.33. The molecule has 0 aromatic heterocycles. The van der Waals surface area contributed by atoms with Crippen LogP contribution in [0.2, 0.25) is 0 Å². The summed E-state index contributed by atoms with van der Waals surface area (Å²) < 4.78 is 5.39. The molecule has 1 N–H and O–H groups in total. The Morgan fingerprint density at radius 1 is 1.69 bits per heavy atom. The van der Waals surface area contributed by atoms with Gasteiger partial charge in [0.25, 0.3) is 0 Å². The van der Waals surface area contributed by atoms with E-state index in [1.807, 2.05) is 0 Å². The molecule has 76 valence electrons. The first-order valence-corrected chi connectivity index (χ1v) is 5.07. The van der Waals surface area contributed by atoms with Crippen molar-refractivity contribution in [2.24, 2.45) is 5.92 Å². The number of amides is 1. The molecule has 1 heterocycles. The maximum Gasteiger partial charge on any atom is 0.220 e. The molecule has 13 heavy (non-hydrogen) atoms. The van der Waals surface area contributed by atoms with E-state index in [1.165, 1.54) is 12.8 Å². The first-order chi connectivity index (χ1) is 6.27. The highest BCUT2D eigenvalue weighted by molar-refractivity contribution is 5.78. The van der Waals surface area contributed by atoms with Crippen LogP contribution in [0.5, 0.6) is 0 Å². The molecule has 3 heteroatoms. The van der Waals surface area contributed by atoms with Crippen molar-refractivity contribution in [2.45, 2.75) is 38.7 Å². The average Bonchev–Trinajstić information content (AvgIpc) is 2.54. The van der Waals surface area contributed by atoms with Crippen LogP contribution in [0, 0.1) is 5.92 Å². The molecule has 3 nitrogen and oxygen atoms in total. The van der Waals surface area contributed by atoms with Gasteiger partial charge in [0.15, 0.2) is 0 Å². The maximum atomic E-state index is 11.0. The Labute approximate surface area is 79.8 Å². The van der Waals surface area contributed by atoms with Gasteiger partial charge in [0.05, 0.1) is 6.10 Å². The fourth-order valence-corrected chi connectivity index (χ4v) is 1.84. The molecule has 1 fully saturated rings. The fraction of sp³-hybridized carbons (Fsp3) is 0.900. The highest BCUT2D eigenvalue weighted by Gasteiger charge is 2.28. The lowest BCUT2D eigenvalue weighted by atomic mass is 9.97. The predicted octanol–water partition coefficient (Wildman–Crippen LogP) is 1.33. The van der Waals surface area contributed by atoms with Crippen molar-refractivity contribution in [3.63, 3.8) is 0 Å². The minimum atomic E-state index is 0.170. The first-order valence-electron chi connectivity index (χ1n) is 5.07. The summed E-state index contributed by atoms with van der Waals surface area (Å²) in [6.07, 6.45) is 4.35. The molecule has 0 aliphatic carbocycles. The fourth-order valence-electron chi connectivity index (χ4n) is 1.84. The van der Waals surface area contributed by atoms with Crippen LogP contribution in [0.25, 0.3) is 0 Å². The lowest BCUT2D eigenvalue weighted by molar-refractivity contribution is -0.119. The third-order valence-electron chi connectivity index (χ3n) is 2.68. The van der Waals surface area contributed by atoms with Gasteiger partial charge in [0.1, 0.15) is 0 Å². The van der Waals surface area contributed by atoms with Gasteiger partial charge in [-0.15, -0.1) is 0 Å². The summed E-state index contributed by atoms with van der Waals surface area (Å²) in [6, 6.07) is 0. The van der Waals surface area contributed by atoms with E-state index in [4.69, 9.17) is 4.74 Å². The Kier molecular flexibility index (Phi) is 4.22. The van der Waals surface area contributed by atoms with Crippen molar-refractivity contribution < 1.29 is 9.53 Å². The molecule has 1 saturated heterocycles. The zero-order chi connectivity index (χ0) is 9.68. The highest BCUT2D eigenvalue weighted by atomic mass is 16.5. The molecule has 0 saturated carbocycles. The standard InChI is InChI=1S/C10H19NO2/c1-3-4-5-9(13-2)8-6-10(12)11-7-8/h8-9H,3-7H2,1-2H3,(H,11,12)/t8-,9?/m1/s1. The van der Waals surface area contributed by atoms with Gasteiger partial charge in [-0.25, -0.2) is 0 Å². The van der Waals surface area contributed by atoms with Crippen LogP contribution in [0.4, 0.5) is 0 Å². The Hall–Kier alpha value is -0.570. The van der Waals surface area contributed by atoms with E-state index in [-0.39, 0.29) is 12.0 Å². The monoisotopic (exact) mass is 185 g/mol. The summed E-state index contributed by atoms with van der Waals surface area (Å²) in [4.78, 5) is 11.0. The van der Waals surface area contributed by atoms with Gasteiger partial charge >= 0.3 is 0 Å². The Morgan fingerprint density at radius 3 is 2.92 bits per heavy atom. The van der Waals surface area contributed by atoms with Crippen molar-refractivity contribution >= 4 is 5.91 Å². The number of ether oxygens (including phenoxy) is 1. The summed E-state index contributed by atoms with van der Waals surface area (Å²) in [7, 11) is 1.74. The third-order valence-corrected chi connectivity index (χ3v) is 2.68. The zero-order valence-corrected chi connectivity index (χ0v) is 8.51. The second-order valence-electron chi connectivity index (χ2n) is 3.68. The van der Waals surface area contributed by atoms with Crippen LogP contribution in [-0.2, 0) is 9.53 Å². The average molecular weight is 185 g/mol. The number of unbranched alkanes of at least 4 members (excludes halogenated alkanes) is 1.